The molecule has 0 saturated heterocycles. The Labute approximate surface area is 97.5 Å². The summed E-state index contributed by atoms with van der Waals surface area (Å²) in [5.41, 5.74) is 2.56. The quantitative estimate of drug-likeness (QED) is 0.779. The lowest BCUT2D eigenvalue weighted by Gasteiger charge is -2.18. The van der Waals surface area contributed by atoms with Gasteiger partial charge in [0.2, 0.25) is 0 Å². The van der Waals surface area contributed by atoms with E-state index in [0.717, 1.165) is 25.7 Å². The van der Waals surface area contributed by atoms with Crippen LogP contribution in [0.5, 0.6) is 0 Å². The number of terminal acetylenes is 1. The number of nitrogens with one attached hydrogen (secondary N) is 1. The van der Waals surface area contributed by atoms with E-state index in [1.165, 1.54) is 11.3 Å². The first kappa shape index (κ1) is 11.2. The van der Waals surface area contributed by atoms with E-state index in [2.05, 4.69) is 29.2 Å². The minimum absolute atomic E-state index is 0.183. The average Bonchev–Trinajstić information content (AvgIpc) is 2.72. The SMILES string of the molecule is C#CC(CCC)NC1CCc2cccnc21. The van der Waals surface area contributed by atoms with Gasteiger partial charge in [0, 0.05) is 6.20 Å². The van der Waals surface area contributed by atoms with Gasteiger partial charge in [-0.05, 0) is 30.9 Å². The van der Waals surface area contributed by atoms with E-state index in [4.69, 9.17) is 6.42 Å². The van der Waals surface area contributed by atoms with Gasteiger partial charge in [-0.25, -0.2) is 0 Å². The van der Waals surface area contributed by atoms with Crippen molar-refractivity contribution >= 4 is 0 Å². The van der Waals surface area contributed by atoms with Crippen LogP contribution in [-0.4, -0.2) is 11.0 Å². The fourth-order valence-corrected chi connectivity index (χ4v) is 2.32. The van der Waals surface area contributed by atoms with Gasteiger partial charge in [0.25, 0.3) is 0 Å². The van der Waals surface area contributed by atoms with E-state index >= 15 is 0 Å². The number of pyridine rings is 1. The molecule has 1 aliphatic rings. The third-order valence-corrected chi connectivity index (χ3v) is 3.14. The van der Waals surface area contributed by atoms with Crippen LogP contribution < -0.4 is 5.32 Å². The van der Waals surface area contributed by atoms with Crippen LogP contribution in [0.2, 0.25) is 0 Å². The molecule has 2 atom stereocenters. The summed E-state index contributed by atoms with van der Waals surface area (Å²) in [5, 5.41) is 3.52. The highest BCUT2D eigenvalue weighted by Crippen LogP contribution is 2.29. The topological polar surface area (TPSA) is 24.9 Å². The number of aryl methyl sites for hydroxylation is 1. The molecule has 1 aliphatic carbocycles. The van der Waals surface area contributed by atoms with Gasteiger partial charge in [0.15, 0.2) is 0 Å². The standard InChI is InChI=1S/C14H18N2/c1-3-6-12(4-2)16-13-9-8-11-7-5-10-15-14(11)13/h2,5,7,10,12-13,16H,3,6,8-9H2,1H3. The van der Waals surface area contributed by atoms with Crippen molar-refractivity contribution in [3.63, 3.8) is 0 Å². The van der Waals surface area contributed by atoms with Crippen molar-refractivity contribution in [2.75, 3.05) is 0 Å². The third kappa shape index (κ3) is 2.25. The van der Waals surface area contributed by atoms with Crippen LogP contribution in [0.1, 0.15) is 43.5 Å². The Bertz CT molecular complexity index is 392. The maximum Gasteiger partial charge on any atom is 0.0692 e. The molecule has 2 unspecified atom stereocenters. The van der Waals surface area contributed by atoms with Crippen molar-refractivity contribution in [3.05, 3.63) is 29.6 Å². The first-order chi connectivity index (χ1) is 7.85. The predicted octanol–water partition coefficient (Wildman–Crippen LogP) is 2.46. The fourth-order valence-electron chi connectivity index (χ4n) is 2.32. The van der Waals surface area contributed by atoms with Crippen LogP contribution in [0.15, 0.2) is 18.3 Å². The van der Waals surface area contributed by atoms with Crippen LogP contribution >= 0.6 is 0 Å². The molecule has 0 bridgehead atoms. The summed E-state index contributed by atoms with van der Waals surface area (Å²) in [6.45, 7) is 2.16. The zero-order valence-electron chi connectivity index (χ0n) is 9.74. The molecule has 1 aromatic heterocycles. The second-order valence-electron chi connectivity index (χ2n) is 4.31. The molecule has 2 nitrogen and oxygen atoms in total. The van der Waals surface area contributed by atoms with Crippen LogP contribution in [-0.2, 0) is 6.42 Å². The van der Waals surface area contributed by atoms with Gasteiger partial charge in [-0.1, -0.05) is 25.3 Å². The molecule has 84 valence electrons. The summed E-state index contributed by atoms with van der Waals surface area (Å²) in [7, 11) is 0. The van der Waals surface area contributed by atoms with Crippen LogP contribution in [0, 0.1) is 12.3 Å². The number of rotatable bonds is 4. The first-order valence-electron chi connectivity index (χ1n) is 6.01. The molecule has 0 amide bonds. The number of aromatic nitrogens is 1. The fraction of sp³-hybridized carbons (Fsp3) is 0.500. The smallest absolute Gasteiger partial charge is 0.0692 e. The van der Waals surface area contributed by atoms with Crippen molar-refractivity contribution in [1.82, 2.24) is 10.3 Å². The van der Waals surface area contributed by atoms with Crippen molar-refractivity contribution in [2.24, 2.45) is 0 Å². The number of hydrogen-bond acceptors (Lipinski definition) is 2. The second kappa shape index (κ2) is 5.14. The lowest BCUT2D eigenvalue weighted by atomic mass is 10.1. The molecule has 0 aliphatic heterocycles. The molecular weight excluding hydrogens is 196 g/mol. The van der Waals surface area contributed by atoms with E-state index in [9.17, 15) is 0 Å². The van der Waals surface area contributed by atoms with Crippen LogP contribution in [0.25, 0.3) is 0 Å². The van der Waals surface area contributed by atoms with Crippen molar-refractivity contribution in [1.29, 1.82) is 0 Å². The Morgan fingerprint density at radius 2 is 2.56 bits per heavy atom. The summed E-state index contributed by atoms with van der Waals surface area (Å²) >= 11 is 0. The van der Waals surface area contributed by atoms with E-state index in [1.54, 1.807) is 0 Å². The number of fused-ring (bicyclic) bond motifs is 1. The predicted molar refractivity (Wildman–Crippen MR) is 66.0 cm³/mol. The minimum atomic E-state index is 0.183. The average molecular weight is 214 g/mol. The van der Waals surface area contributed by atoms with Crippen molar-refractivity contribution < 1.29 is 0 Å². The maximum atomic E-state index is 5.52. The Kier molecular flexibility index (Phi) is 3.58. The van der Waals surface area contributed by atoms with Crippen molar-refractivity contribution in [2.45, 2.75) is 44.7 Å². The van der Waals surface area contributed by atoms with Gasteiger partial charge in [-0.2, -0.15) is 0 Å². The molecule has 0 spiro atoms. The Morgan fingerprint density at radius 1 is 1.69 bits per heavy atom. The highest BCUT2D eigenvalue weighted by atomic mass is 15.0. The highest BCUT2D eigenvalue weighted by Gasteiger charge is 2.24. The lowest BCUT2D eigenvalue weighted by Crippen LogP contribution is -2.30. The van der Waals surface area contributed by atoms with Crippen molar-refractivity contribution in [3.8, 4) is 12.3 Å². The van der Waals surface area contributed by atoms with E-state index < -0.39 is 0 Å². The summed E-state index contributed by atoms with van der Waals surface area (Å²) in [6.07, 6.45) is 11.8. The van der Waals surface area contributed by atoms with E-state index in [0.29, 0.717) is 6.04 Å². The molecule has 2 rings (SSSR count). The zero-order chi connectivity index (χ0) is 11.4. The molecule has 0 aromatic carbocycles. The summed E-state index contributed by atoms with van der Waals surface area (Å²) in [6, 6.07) is 4.70. The van der Waals surface area contributed by atoms with Gasteiger partial charge < -0.3 is 0 Å². The molecule has 0 fully saturated rings. The molecule has 1 heterocycles. The molecule has 1 N–H and O–H groups in total. The van der Waals surface area contributed by atoms with E-state index in [1.807, 2.05) is 12.3 Å². The molecular formula is C14H18N2. The molecule has 16 heavy (non-hydrogen) atoms. The van der Waals surface area contributed by atoms with Gasteiger partial charge in [0.05, 0.1) is 17.8 Å². The summed E-state index contributed by atoms with van der Waals surface area (Å²) in [5.74, 6) is 2.82. The Hall–Kier alpha value is -1.33. The molecule has 0 radical (unpaired) electrons. The number of hydrogen-bond donors (Lipinski definition) is 1. The second-order valence-corrected chi connectivity index (χ2v) is 4.31. The van der Waals surface area contributed by atoms with Crippen LogP contribution in [0.4, 0.5) is 0 Å². The lowest BCUT2D eigenvalue weighted by molar-refractivity contribution is 0.462. The molecule has 1 aromatic rings. The van der Waals surface area contributed by atoms with Gasteiger partial charge in [-0.3, -0.25) is 10.3 Å². The number of nitrogens with zero attached hydrogens (tertiary/aromatic N) is 1. The largest absolute Gasteiger partial charge is 0.295 e. The molecule has 0 saturated carbocycles. The summed E-state index contributed by atoms with van der Waals surface area (Å²) < 4.78 is 0. The third-order valence-electron chi connectivity index (χ3n) is 3.14. The minimum Gasteiger partial charge on any atom is -0.295 e. The summed E-state index contributed by atoms with van der Waals surface area (Å²) in [4.78, 5) is 4.46. The monoisotopic (exact) mass is 214 g/mol. The molecule has 2 heteroatoms. The van der Waals surface area contributed by atoms with Gasteiger partial charge in [-0.15, -0.1) is 6.42 Å². The van der Waals surface area contributed by atoms with E-state index in [-0.39, 0.29) is 6.04 Å². The highest BCUT2D eigenvalue weighted by molar-refractivity contribution is 5.28. The van der Waals surface area contributed by atoms with Crippen LogP contribution in [0.3, 0.4) is 0 Å². The van der Waals surface area contributed by atoms with Gasteiger partial charge in [0.1, 0.15) is 0 Å². The Morgan fingerprint density at radius 3 is 3.31 bits per heavy atom. The zero-order valence-corrected chi connectivity index (χ0v) is 9.74. The first-order valence-corrected chi connectivity index (χ1v) is 6.01. The van der Waals surface area contributed by atoms with Gasteiger partial charge >= 0.3 is 0 Å². The Balaban J connectivity index is 2.05. The normalized spacial score (nSPS) is 20.1. The maximum absolute atomic E-state index is 5.52.